The molecule has 0 fully saturated rings. The van der Waals surface area contributed by atoms with Crippen molar-refractivity contribution in [2.24, 2.45) is 5.73 Å². The summed E-state index contributed by atoms with van der Waals surface area (Å²) in [6.45, 7) is 3.77. The highest BCUT2D eigenvalue weighted by atomic mass is 16.5. The molecule has 1 aliphatic heterocycles. The van der Waals surface area contributed by atoms with Crippen LogP contribution in [0.1, 0.15) is 35.8 Å². The summed E-state index contributed by atoms with van der Waals surface area (Å²) in [5, 5.41) is 3.87. The Kier molecular flexibility index (Phi) is 3.10. The van der Waals surface area contributed by atoms with Crippen molar-refractivity contribution >= 4 is 0 Å². The fraction of sp³-hybridized carbons (Fsp3) is 0.429. The molecule has 2 aromatic rings. The number of aryl methyl sites for hydroxylation is 1. The van der Waals surface area contributed by atoms with Gasteiger partial charge in [0.25, 0.3) is 0 Å². The minimum Gasteiger partial charge on any atom is -0.496 e. The highest BCUT2D eigenvalue weighted by Crippen LogP contribution is 2.38. The summed E-state index contributed by atoms with van der Waals surface area (Å²) in [7, 11) is 1.62. The second kappa shape index (κ2) is 4.79. The molecule has 2 atom stereocenters. The van der Waals surface area contributed by atoms with E-state index in [4.69, 9.17) is 19.7 Å². The topological polar surface area (TPSA) is 83.4 Å². The van der Waals surface area contributed by atoms with Crippen molar-refractivity contribution in [3.8, 4) is 11.5 Å². The van der Waals surface area contributed by atoms with Gasteiger partial charge < -0.3 is 19.7 Å². The first kappa shape index (κ1) is 12.9. The van der Waals surface area contributed by atoms with Crippen molar-refractivity contribution < 1.29 is 14.0 Å². The minimum atomic E-state index is -0.507. The van der Waals surface area contributed by atoms with Gasteiger partial charge in [0, 0.05) is 24.5 Å². The maximum absolute atomic E-state index is 6.21. The third-order valence-electron chi connectivity index (χ3n) is 3.40. The lowest BCUT2D eigenvalue weighted by molar-refractivity contribution is 0.254. The van der Waals surface area contributed by atoms with E-state index in [1.54, 1.807) is 14.0 Å². The van der Waals surface area contributed by atoms with Gasteiger partial charge in [-0.1, -0.05) is 5.16 Å². The molecule has 0 bridgehead atoms. The summed E-state index contributed by atoms with van der Waals surface area (Å²) in [4.78, 5) is 4.17. The van der Waals surface area contributed by atoms with Gasteiger partial charge in [-0.05, 0) is 19.1 Å². The Bertz CT molecular complexity index is 639. The monoisotopic (exact) mass is 275 g/mol. The molecule has 1 aliphatic rings. The zero-order chi connectivity index (χ0) is 14.3. The summed E-state index contributed by atoms with van der Waals surface area (Å²) < 4.78 is 16.2. The zero-order valence-electron chi connectivity index (χ0n) is 11.7. The number of ether oxygens (including phenoxy) is 2. The lowest BCUT2D eigenvalue weighted by Gasteiger charge is -2.14. The summed E-state index contributed by atoms with van der Waals surface area (Å²) in [6.07, 6.45) is 1.05. The number of fused-ring (bicyclic) bond motifs is 1. The van der Waals surface area contributed by atoms with Crippen molar-refractivity contribution in [2.45, 2.75) is 32.4 Å². The smallest absolute Gasteiger partial charge is 0.223 e. The van der Waals surface area contributed by atoms with Crippen molar-refractivity contribution in [3.05, 3.63) is 35.0 Å². The average molecular weight is 275 g/mol. The molecule has 0 spiro atoms. The van der Waals surface area contributed by atoms with Crippen LogP contribution in [-0.4, -0.2) is 23.4 Å². The van der Waals surface area contributed by atoms with Crippen molar-refractivity contribution in [1.29, 1.82) is 0 Å². The standard InChI is InChI=1S/C14H17N3O3/c1-7-4-9-5-12(18-3)10(6-11(9)19-7)13(15)14-16-8(2)20-17-14/h5-7,13H,4,15H2,1-3H3. The molecule has 6 heteroatoms. The minimum absolute atomic E-state index is 0.175. The number of aromatic nitrogens is 2. The predicted molar refractivity (Wildman–Crippen MR) is 71.9 cm³/mol. The number of nitrogens with two attached hydrogens (primary N) is 1. The van der Waals surface area contributed by atoms with Crippen molar-refractivity contribution in [1.82, 2.24) is 10.1 Å². The van der Waals surface area contributed by atoms with Gasteiger partial charge >= 0.3 is 0 Å². The van der Waals surface area contributed by atoms with Crippen LogP contribution in [0.3, 0.4) is 0 Å². The molecule has 20 heavy (non-hydrogen) atoms. The molecule has 0 aliphatic carbocycles. The molecule has 106 valence electrons. The molecule has 0 amide bonds. The van der Waals surface area contributed by atoms with Gasteiger partial charge in [-0.25, -0.2) is 0 Å². The number of hydrogen-bond donors (Lipinski definition) is 1. The van der Waals surface area contributed by atoms with Crippen molar-refractivity contribution in [2.75, 3.05) is 7.11 Å². The van der Waals surface area contributed by atoms with Crippen LogP contribution in [0, 0.1) is 6.92 Å². The van der Waals surface area contributed by atoms with Crippen LogP contribution in [0.5, 0.6) is 11.5 Å². The molecule has 6 nitrogen and oxygen atoms in total. The second-order valence-corrected chi connectivity index (χ2v) is 4.98. The Morgan fingerprint density at radius 2 is 2.25 bits per heavy atom. The SMILES string of the molecule is COc1cc2c(cc1C(N)c1noc(C)n1)OC(C)C2. The molecule has 1 aromatic carbocycles. The summed E-state index contributed by atoms with van der Waals surface area (Å²) in [5.74, 6) is 2.49. The van der Waals surface area contributed by atoms with Gasteiger partial charge in [-0.3, -0.25) is 0 Å². The van der Waals surface area contributed by atoms with Crippen LogP contribution >= 0.6 is 0 Å². The highest BCUT2D eigenvalue weighted by molar-refractivity contribution is 5.50. The van der Waals surface area contributed by atoms with Gasteiger partial charge in [-0.2, -0.15) is 4.98 Å². The Hall–Kier alpha value is -2.08. The fourth-order valence-corrected chi connectivity index (χ4v) is 2.46. The lowest BCUT2D eigenvalue weighted by atomic mass is 10.0. The van der Waals surface area contributed by atoms with E-state index in [2.05, 4.69) is 10.1 Å². The van der Waals surface area contributed by atoms with E-state index >= 15 is 0 Å². The molecule has 0 saturated heterocycles. The number of nitrogens with zero attached hydrogens (tertiary/aromatic N) is 2. The summed E-state index contributed by atoms with van der Waals surface area (Å²) >= 11 is 0. The van der Waals surface area contributed by atoms with Crippen LogP contribution in [0.25, 0.3) is 0 Å². The van der Waals surface area contributed by atoms with Gasteiger partial charge in [0.15, 0.2) is 5.82 Å². The molecule has 0 saturated carbocycles. The summed E-state index contributed by atoms with van der Waals surface area (Å²) in [6, 6.07) is 3.38. The molecular weight excluding hydrogens is 258 g/mol. The second-order valence-electron chi connectivity index (χ2n) is 4.98. The van der Waals surface area contributed by atoms with Crippen LogP contribution in [0.15, 0.2) is 16.7 Å². The first-order valence-electron chi connectivity index (χ1n) is 6.51. The largest absolute Gasteiger partial charge is 0.496 e. The molecule has 3 rings (SSSR count). The van der Waals surface area contributed by atoms with Gasteiger partial charge in [-0.15, -0.1) is 0 Å². The fourth-order valence-electron chi connectivity index (χ4n) is 2.46. The first-order chi connectivity index (χ1) is 9.58. The first-order valence-corrected chi connectivity index (χ1v) is 6.51. The van der Waals surface area contributed by atoms with Gasteiger partial charge in [0.05, 0.1) is 13.2 Å². The predicted octanol–water partition coefficient (Wildman–Crippen LogP) is 1.76. The average Bonchev–Trinajstić information content (AvgIpc) is 3.00. The molecular formula is C14H17N3O3. The van der Waals surface area contributed by atoms with Crippen LogP contribution in [0.2, 0.25) is 0 Å². The van der Waals surface area contributed by atoms with E-state index in [9.17, 15) is 0 Å². The Balaban J connectivity index is 2.02. The zero-order valence-corrected chi connectivity index (χ0v) is 11.7. The van der Waals surface area contributed by atoms with E-state index in [1.165, 1.54) is 0 Å². The Morgan fingerprint density at radius 3 is 2.90 bits per heavy atom. The van der Waals surface area contributed by atoms with Crippen LogP contribution < -0.4 is 15.2 Å². The Morgan fingerprint density at radius 1 is 1.45 bits per heavy atom. The maximum atomic E-state index is 6.21. The number of hydrogen-bond acceptors (Lipinski definition) is 6. The van der Waals surface area contributed by atoms with E-state index in [0.29, 0.717) is 11.7 Å². The van der Waals surface area contributed by atoms with Crippen LogP contribution in [0.4, 0.5) is 0 Å². The molecule has 1 aromatic heterocycles. The summed E-state index contributed by atoms with van der Waals surface area (Å²) in [5.41, 5.74) is 8.14. The van der Waals surface area contributed by atoms with Crippen molar-refractivity contribution in [3.63, 3.8) is 0 Å². The van der Waals surface area contributed by atoms with E-state index in [0.717, 1.165) is 29.0 Å². The normalized spacial score (nSPS) is 18.5. The molecule has 0 radical (unpaired) electrons. The molecule has 2 heterocycles. The molecule has 2 unspecified atom stereocenters. The quantitative estimate of drug-likeness (QED) is 0.919. The van der Waals surface area contributed by atoms with E-state index in [1.807, 2.05) is 19.1 Å². The number of methoxy groups -OCH3 is 1. The third kappa shape index (κ3) is 2.12. The lowest BCUT2D eigenvalue weighted by Crippen LogP contribution is -2.15. The third-order valence-corrected chi connectivity index (χ3v) is 3.40. The number of benzene rings is 1. The van der Waals surface area contributed by atoms with E-state index < -0.39 is 6.04 Å². The molecule has 2 N–H and O–H groups in total. The van der Waals surface area contributed by atoms with Gasteiger partial charge in [0.1, 0.15) is 17.6 Å². The van der Waals surface area contributed by atoms with Crippen LogP contribution in [-0.2, 0) is 6.42 Å². The Labute approximate surface area is 116 Å². The van der Waals surface area contributed by atoms with E-state index in [-0.39, 0.29) is 6.10 Å². The maximum Gasteiger partial charge on any atom is 0.223 e. The number of rotatable bonds is 3. The highest BCUT2D eigenvalue weighted by Gasteiger charge is 2.26. The van der Waals surface area contributed by atoms with Gasteiger partial charge in [0.2, 0.25) is 5.89 Å².